The number of ether oxygens (including phenoxy) is 1. The Labute approximate surface area is 111 Å². The minimum Gasteiger partial charge on any atom is -0.496 e. The Morgan fingerprint density at radius 2 is 2.06 bits per heavy atom. The van der Waals surface area contributed by atoms with Crippen LogP contribution >= 0.6 is 11.8 Å². The van der Waals surface area contributed by atoms with Gasteiger partial charge in [0.1, 0.15) is 10.8 Å². The Balaban J connectivity index is 2.25. The Hall–Kier alpha value is -1.52. The van der Waals surface area contributed by atoms with Crippen LogP contribution in [0.1, 0.15) is 18.6 Å². The van der Waals surface area contributed by atoms with E-state index in [0.717, 1.165) is 21.2 Å². The summed E-state index contributed by atoms with van der Waals surface area (Å²) in [7, 11) is 1.65. The van der Waals surface area contributed by atoms with Crippen LogP contribution in [0.3, 0.4) is 0 Å². The number of nitrogens with zero attached hydrogens (tertiary/aromatic N) is 1. The average Bonchev–Trinajstić information content (AvgIpc) is 2.39. The number of aromatic nitrogens is 1. The molecule has 3 nitrogen and oxygen atoms in total. The molecule has 0 saturated heterocycles. The zero-order chi connectivity index (χ0) is 13.0. The van der Waals surface area contributed by atoms with Gasteiger partial charge in [-0.1, -0.05) is 23.9 Å². The Morgan fingerprint density at radius 1 is 1.28 bits per heavy atom. The minimum atomic E-state index is -0.481. The Kier molecular flexibility index (Phi) is 4.23. The summed E-state index contributed by atoms with van der Waals surface area (Å²) >= 11 is 1.52. The molecule has 0 aliphatic carbocycles. The third kappa shape index (κ3) is 3.03. The van der Waals surface area contributed by atoms with Crippen LogP contribution in [0.2, 0.25) is 0 Å². The van der Waals surface area contributed by atoms with Gasteiger partial charge in [-0.15, -0.1) is 0 Å². The van der Waals surface area contributed by atoms with E-state index >= 15 is 0 Å². The summed E-state index contributed by atoms with van der Waals surface area (Å²) in [6.45, 7) is 1.74. The molecule has 1 N–H and O–H groups in total. The highest BCUT2D eigenvalue weighted by Crippen LogP contribution is 2.34. The van der Waals surface area contributed by atoms with Gasteiger partial charge in [0.25, 0.3) is 0 Å². The first-order chi connectivity index (χ1) is 8.70. The van der Waals surface area contributed by atoms with E-state index in [4.69, 9.17) is 4.74 Å². The van der Waals surface area contributed by atoms with Crippen LogP contribution in [0.25, 0.3) is 0 Å². The van der Waals surface area contributed by atoms with Crippen LogP contribution in [0.5, 0.6) is 5.75 Å². The van der Waals surface area contributed by atoms with Gasteiger partial charge in [0.2, 0.25) is 0 Å². The minimum absolute atomic E-state index is 0.481. The van der Waals surface area contributed by atoms with E-state index in [9.17, 15) is 5.11 Å². The topological polar surface area (TPSA) is 42.4 Å². The molecule has 0 radical (unpaired) electrons. The number of para-hydroxylation sites is 1. The molecule has 18 heavy (non-hydrogen) atoms. The number of aliphatic hydroxyl groups excluding tert-OH is 1. The number of benzene rings is 1. The van der Waals surface area contributed by atoms with Gasteiger partial charge in [-0.2, -0.15) is 0 Å². The monoisotopic (exact) mass is 261 g/mol. The largest absolute Gasteiger partial charge is 0.496 e. The quantitative estimate of drug-likeness (QED) is 0.917. The first kappa shape index (κ1) is 12.9. The smallest absolute Gasteiger partial charge is 0.132 e. The fraction of sp³-hybridized carbons (Fsp3) is 0.214. The second kappa shape index (κ2) is 5.89. The first-order valence-corrected chi connectivity index (χ1v) is 6.47. The zero-order valence-corrected chi connectivity index (χ0v) is 11.1. The van der Waals surface area contributed by atoms with Gasteiger partial charge < -0.3 is 9.84 Å². The van der Waals surface area contributed by atoms with Crippen LogP contribution in [0, 0.1) is 0 Å². The van der Waals surface area contributed by atoms with Crippen molar-refractivity contribution >= 4 is 11.8 Å². The first-order valence-electron chi connectivity index (χ1n) is 5.65. The molecule has 0 bridgehead atoms. The van der Waals surface area contributed by atoms with Crippen LogP contribution in [-0.2, 0) is 0 Å². The maximum Gasteiger partial charge on any atom is 0.132 e. The number of rotatable bonds is 4. The molecule has 0 aliphatic rings. The molecule has 1 atom stereocenters. The molecule has 1 aromatic heterocycles. The summed E-state index contributed by atoms with van der Waals surface area (Å²) in [6, 6.07) is 11.5. The van der Waals surface area contributed by atoms with Gasteiger partial charge >= 0.3 is 0 Å². The summed E-state index contributed by atoms with van der Waals surface area (Å²) < 4.78 is 5.30. The number of hydrogen-bond acceptors (Lipinski definition) is 4. The highest BCUT2D eigenvalue weighted by Gasteiger charge is 2.07. The molecular weight excluding hydrogens is 246 g/mol. The highest BCUT2D eigenvalue weighted by atomic mass is 32.2. The molecule has 94 valence electrons. The maximum atomic E-state index is 9.55. The maximum absolute atomic E-state index is 9.55. The standard InChI is InChI=1S/C14H15NO2S/c1-10(16)11-7-8-15-14(9-11)18-13-6-4-3-5-12(13)17-2/h3-10,16H,1-2H3/t10-/m1/s1. The van der Waals surface area contributed by atoms with E-state index in [1.54, 1.807) is 20.2 Å². The number of methoxy groups -OCH3 is 1. The van der Waals surface area contributed by atoms with Crippen molar-refractivity contribution in [2.45, 2.75) is 22.9 Å². The normalized spacial score (nSPS) is 12.2. The van der Waals surface area contributed by atoms with Crippen LogP contribution in [0.4, 0.5) is 0 Å². The summed E-state index contributed by atoms with van der Waals surface area (Å²) in [4.78, 5) is 5.30. The SMILES string of the molecule is COc1ccccc1Sc1cc([C@@H](C)O)ccn1. The van der Waals surface area contributed by atoms with Gasteiger partial charge in [0, 0.05) is 6.20 Å². The molecule has 0 amide bonds. The molecular formula is C14H15NO2S. The third-order valence-electron chi connectivity index (χ3n) is 2.52. The second-order valence-corrected chi connectivity index (χ2v) is 4.92. The van der Waals surface area contributed by atoms with Crippen molar-refractivity contribution in [3.63, 3.8) is 0 Å². The molecule has 0 unspecified atom stereocenters. The summed E-state index contributed by atoms with van der Waals surface area (Å²) in [5.41, 5.74) is 0.863. The van der Waals surface area contributed by atoms with Crippen molar-refractivity contribution in [1.82, 2.24) is 4.98 Å². The lowest BCUT2D eigenvalue weighted by Crippen LogP contribution is -1.92. The van der Waals surface area contributed by atoms with Crippen molar-refractivity contribution in [2.24, 2.45) is 0 Å². The molecule has 4 heteroatoms. The summed E-state index contributed by atoms with van der Waals surface area (Å²) in [5.74, 6) is 0.826. The van der Waals surface area contributed by atoms with Crippen LogP contribution < -0.4 is 4.74 Å². The molecule has 0 saturated carbocycles. The molecule has 1 aromatic carbocycles. The molecule has 0 aliphatic heterocycles. The molecule has 0 spiro atoms. The van der Waals surface area contributed by atoms with Gasteiger partial charge in [0.05, 0.1) is 18.1 Å². The lowest BCUT2D eigenvalue weighted by molar-refractivity contribution is 0.199. The molecule has 2 rings (SSSR count). The van der Waals surface area contributed by atoms with E-state index in [2.05, 4.69) is 4.98 Å². The lowest BCUT2D eigenvalue weighted by atomic mass is 10.2. The summed E-state index contributed by atoms with van der Waals surface area (Å²) in [5, 5.41) is 10.4. The van der Waals surface area contributed by atoms with Crippen LogP contribution in [-0.4, -0.2) is 17.2 Å². The van der Waals surface area contributed by atoms with Crippen molar-refractivity contribution in [3.8, 4) is 5.75 Å². The predicted octanol–water partition coefficient (Wildman–Crippen LogP) is 3.29. The van der Waals surface area contributed by atoms with E-state index in [1.807, 2.05) is 36.4 Å². The molecule has 1 heterocycles. The van der Waals surface area contributed by atoms with E-state index in [1.165, 1.54) is 11.8 Å². The number of pyridine rings is 1. The second-order valence-electron chi connectivity index (χ2n) is 3.86. The zero-order valence-electron chi connectivity index (χ0n) is 10.3. The van der Waals surface area contributed by atoms with E-state index in [-0.39, 0.29) is 0 Å². The van der Waals surface area contributed by atoms with E-state index < -0.39 is 6.10 Å². The van der Waals surface area contributed by atoms with Gasteiger partial charge in [-0.25, -0.2) is 4.98 Å². The van der Waals surface area contributed by atoms with Crippen LogP contribution in [0.15, 0.2) is 52.5 Å². The van der Waals surface area contributed by atoms with Crippen molar-refractivity contribution in [2.75, 3.05) is 7.11 Å². The fourth-order valence-electron chi connectivity index (χ4n) is 1.56. The predicted molar refractivity (Wildman–Crippen MR) is 72.0 cm³/mol. The molecule has 0 fully saturated rings. The van der Waals surface area contributed by atoms with Crippen molar-refractivity contribution < 1.29 is 9.84 Å². The number of hydrogen-bond donors (Lipinski definition) is 1. The summed E-state index contributed by atoms with van der Waals surface area (Å²) in [6.07, 6.45) is 1.23. The Bertz CT molecular complexity index is 529. The Morgan fingerprint density at radius 3 is 2.78 bits per heavy atom. The highest BCUT2D eigenvalue weighted by molar-refractivity contribution is 7.99. The van der Waals surface area contributed by atoms with Gasteiger partial charge in [-0.05, 0) is 36.8 Å². The van der Waals surface area contributed by atoms with Crippen molar-refractivity contribution in [1.29, 1.82) is 0 Å². The van der Waals surface area contributed by atoms with Gasteiger partial charge in [-0.3, -0.25) is 0 Å². The van der Waals surface area contributed by atoms with Gasteiger partial charge in [0.15, 0.2) is 0 Å². The average molecular weight is 261 g/mol. The van der Waals surface area contributed by atoms with Crippen molar-refractivity contribution in [3.05, 3.63) is 48.2 Å². The lowest BCUT2D eigenvalue weighted by Gasteiger charge is -2.09. The third-order valence-corrected chi connectivity index (χ3v) is 3.51. The van der Waals surface area contributed by atoms with E-state index in [0.29, 0.717) is 0 Å². The fourth-order valence-corrected chi connectivity index (χ4v) is 2.49. The molecule has 2 aromatic rings. The number of aliphatic hydroxyl groups is 1.